The number of nitrogens with one attached hydrogen (secondary N) is 1. The molecular formula is C12H13ClF3N3O. The number of nitrogens with zero attached hydrogens (tertiary/aromatic N) is 2. The lowest BCUT2D eigenvalue weighted by Crippen LogP contribution is -2.34. The van der Waals surface area contributed by atoms with Gasteiger partial charge in [-0.1, -0.05) is 18.0 Å². The van der Waals surface area contributed by atoms with Crippen LogP contribution in [0.25, 0.3) is 0 Å². The smallest absolute Gasteiger partial charge is 0.294 e. The van der Waals surface area contributed by atoms with Crippen molar-refractivity contribution in [2.24, 2.45) is 11.8 Å². The maximum Gasteiger partial charge on any atom is 0.391 e. The van der Waals surface area contributed by atoms with E-state index in [1.807, 2.05) is 0 Å². The Kier molecular flexibility index (Phi) is 4.47. The van der Waals surface area contributed by atoms with Crippen LogP contribution >= 0.6 is 11.6 Å². The molecule has 1 aliphatic rings. The molecule has 2 unspecified atom stereocenters. The first kappa shape index (κ1) is 15.0. The summed E-state index contributed by atoms with van der Waals surface area (Å²) >= 11 is 5.65. The minimum Gasteiger partial charge on any atom is -0.294 e. The third-order valence-corrected chi connectivity index (χ3v) is 3.58. The predicted octanol–water partition coefficient (Wildman–Crippen LogP) is 3.44. The number of aromatic nitrogens is 2. The maximum atomic E-state index is 12.7. The number of alkyl halides is 3. The Morgan fingerprint density at radius 1 is 1.40 bits per heavy atom. The zero-order chi connectivity index (χ0) is 14.8. The van der Waals surface area contributed by atoms with E-state index in [9.17, 15) is 18.0 Å². The van der Waals surface area contributed by atoms with E-state index in [2.05, 4.69) is 15.3 Å². The van der Waals surface area contributed by atoms with Gasteiger partial charge in [0, 0.05) is 12.1 Å². The number of halogens is 4. The number of carbonyl (C=O) groups excluding carboxylic acids is 1. The van der Waals surface area contributed by atoms with Gasteiger partial charge in [0.25, 0.3) is 0 Å². The van der Waals surface area contributed by atoms with Crippen molar-refractivity contribution in [3.05, 3.63) is 17.4 Å². The Labute approximate surface area is 118 Å². The molecule has 0 spiro atoms. The van der Waals surface area contributed by atoms with Crippen molar-refractivity contribution in [2.45, 2.75) is 31.9 Å². The Morgan fingerprint density at radius 3 is 2.80 bits per heavy atom. The molecule has 0 bridgehead atoms. The molecule has 110 valence electrons. The van der Waals surface area contributed by atoms with Crippen LogP contribution in [-0.4, -0.2) is 22.1 Å². The van der Waals surface area contributed by atoms with Crippen LogP contribution in [0.4, 0.5) is 19.1 Å². The number of hydrogen-bond acceptors (Lipinski definition) is 3. The molecule has 1 heterocycles. The summed E-state index contributed by atoms with van der Waals surface area (Å²) in [5, 5.41) is 2.57. The van der Waals surface area contributed by atoms with Crippen molar-refractivity contribution in [2.75, 3.05) is 5.32 Å². The molecular weight excluding hydrogens is 295 g/mol. The van der Waals surface area contributed by atoms with E-state index in [0.717, 1.165) is 0 Å². The van der Waals surface area contributed by atoms with E-state index in [4.69, 9.17) is 11.6 Å². The summed E-state index contributed by atoms with van der Waals surface area (Å²) in [6, 6.07) is 1.44. The third-order valence-electron chi connectivity index (χ3n) is 3.36. The SMILES string of the molecule is O=C(Nc1nccc(Cl)n1)C1CCCC(C(F)(F)F)C1. The summed E-state index contributed by atoms with van der Waals surface area (Å²) < 4.78 is 38.1. The number of carbonyl (C=O) groups is 1. The fourth-order valence-electron chi connectivity index (χ4n) is 2.33. The number of amides is 1. The molecule has 1 aliphatic carbocycles. The highest BCUT2D eigenvalue weighted by molar-refractivity contribution is 6.29. The van der Waals surface area contributed by atoms with E-state index in [1.165, 1.54) is 12.3 Å². The quantitative estimate of drug-likeness (QED) is 0.852. The summed E-state index contributed by atoms with van der Waals surface area (Å²) in [5.74, 6) is -2.55. The van der Waals surface area contributed by atoms with Crippen LogP contribution in [0.2, 0.25) is 5.15 Å². The molecule has 1 fully saturated rings. The highest BCUT2D eigenvalue weighted by Gasteiger charge is 2.43. The van der Waals surface area contributed by atoms with E-state index in [0.29, 0.717) is 12.8 Å². The second-order valence-electron chi connectivity index (χ2n) is 4.79. The second kappa shape index (κ2) is 5.95. The number of rotatable bonds is 2. The molecule has 0 aliphatic heterocycles. The van der Waals surface area contributed by atoms with Crippen LogP contribution in [0.5, 0.6) is 0 Å². The Morgan fingerprint density at radius 2 is 2.15 bits per heavy atom. The summed E-state index contributed by atoms with van der Waals surface area (Å²) in [7, 11) is 0. The molecule has 0 aromatic carbocycles. The summed E-state index contributed by atoms with van der Waals surface area (Å²) in [6.07, 6.45) is -2.15. The van der Waals surface area contributed by atoms with E-state index >= 15 is 0 Å². The average molecular weight is 308 g/mol. The van der Waals surface area contributed by atoms with Crippen LogP contribution < -0.4 is 5.32 Å². The maximum absolute atomic E-state index is 12.7. The standard InChI is InChI=1S/C12H13ClF3N3O/c13-9-4-5-17-11(18-9)19-10(20)7-2-1-3-8(6-7)12(14,15)16/h4-5,7-8H,1-3,6H2,(H,17,18,19,20). The Hall–Kier alpha value is -1.37. The van der Waals surface area contributed by atoms with Gasteiger partial charge in [-0.2, -0.15) is 13.2 Å². The first-order valence-electron chi connectivity index (χ1n) is 6.22. The highest BCUT2D eigenvalue weighted by Crippen LogP contribution is 2.40. The number of hydrogen-bond donors (Lipinski definition) is 1. The molecule has 1 saturated carbocycles. The van der Waals surface area contributed by atoms with Gasteiger partial charge in [-0.05, 0) is 25.3 Å². The lowest BCUT2D eigenvalue weighted by atomic mass is 9.80. The zero-order valence-corrected chi connectivity index (χ0v) is 11.2. The van der Waals surface area contributed by atoms with Crippen LogP contribution in [0, 0.1) is 11.8 Å². The Balaban J connectivity index is 1.99. The van der Waals surface area contributed by atoms with Crippen molar-refractivity contribution in [1.82, 2.24) is 9.97 Å². The molecule has 2 atom stereocenters. The lowest BCUT2D eigenvalue weighted by molar-refractivity contribution is -0.185. The van der Waals surface area contributed by atoms with Gasteiger partial charge in [0.1, 0.15) is 5.15 Å². The van der Waals surface area contributed by atoms with Crippen molar-refractivity contribution in [1.29, 1.82) is 0 Å². The van der Waals surface area contributed by atoms with Gasteiger partial charge < -0.3 is 0 Å². The molecule has 20 heavy (non-hydrogen) atoms. The van der Waals surface area contributed by atoms with Gasteiger partial charge in [-0.3, -0.25) is 10.1 Å². The van der Waals surface area contributed by atoms with E-state index in [-0.39, 0.29) is 23.9 Å². The predicted molar refractivity (Wildman–Crippen MR) is 67.2 cm³/mol. The first-order valence-corrected chi connectivity index (χ1v) is 6.60. The van der Waals surface area contributed by atoms with Gasteiger partial charge >= 0.3 is 6.18 Å². The van der Waals surface area contributed by atoms with Gasteiger partial charge in [-0.15, -0.1) is 0 Å². The summed E-state index contributed by atoms with van der Waals surface area (Å²) in [6.45, 7) is 0. The largest absolute Gasteiger partial charge is 0.391 e. The van der Waals surface area contributed by atoms with Gasteiger partial charge in [-0.25, -0.2) is 9.97 Å². The summed E-state index contributed by atoms with van der Waals surface area (Å²) in [5.41, 5.74) is 0. The lowest BCUT2D eigenvalue weighted by Gasteiger charge is -2.29. The van der Waals surface area contributed by atoms with Gasteiger partial charge in [0.15, 0.2) is 0 Å². The highest BCUT2D eigenvalue weighted by atomic mass is 35.5. The monoisotopic (exact) mass is 307 g/mol. The number of anilines is 1. The molecule has 1 N–H and O–H groups in total. The molecule has 2 rings (SSSR count). The van der Waals surface area contributed by atoms with Crippen molar-refractivity contribution in [3.63, 3.8) is 0 Å². The Bertz CT molecular complexity index is 495. The van der Waals surface area contributed by atoms with E-state index in [1.54, 1.807) is 0 Å². The minimum absolute atomic E-state index is 0.0108. The zero-order valence-electron chi connectivity index (χ0n) is 10.5. The molecule has 1 aromatic rings. The van der Waals surface area contributed by atoms with Crippen molar-refractivity contribution < 1.29 is 18.0 Å². The van der Waals surface area contributed by atoms with Crippen molar-refractivity contribution >= 4 is 23.5 Å². The molecule has 0 saturated heterocycles. The molecule has 8 heteroatoms. The van der Waals surface area contributed by atoms with Gasteiger partial charge in [0.05, 0.1) is 5.92 Å². The summed E-state index contributed by atoms with van der Waals surface area (Å²) in [4.78, 5) is 19.5. The molecule has 4 nitrogen and oxygen atoms in total. The topological polar surface area (TPSA) is 54.9 Å². The van der Waals surface area contributed by atoms with Crippen LogP contribution in [0.3, 0.4) is 0 Å². The fraction of sp³-hybridized carbons (Fsp3) is 0.583. The van der Waals surface area contributed by atoms with Crippen LogP contribution in [-0.2, 0) is 4.79 Å². The average Bonchev–Trinajstić information content (AvgIpc) is 2.38. The first-order chi connectivity index (χ1) is 9.36. The molecule has 1 aromatic heterocycles. The van der Waals surface area contributed by atoms with Crippen LogP contribution in [0.1, 0.15) is 25.7 Å². The van der Waals surface area contributed by atoms with E-state index < -0.39 is 23.9 Å². The van der Waals surface area contributed by atoms with Gasteiger partial charge in [0.2, 0.25) is 11.9 Å². The molecule has 0 radical (unpaired) electrons. The van der Waals surface area contributed by atoms with Crippen molar-refractivity contribution in [3.8, 4) is 0 Å². The third kappa shape index (κ3) is 3.82. The minimum atomic E-state index is -4.24. The van der Waals surface area contributed by atoms with Crippen LogP contribution in [0.15, 0.2) is 12.3 Å². The molecule has 1 amide bonds. The second-order valence-corrected chi connectivity index (χ2v) is 5.18. The fourth-order valence-corrected chi connectivity index (χ4v) is 2.47. The normalized spacial score (nSPS) is 23.4.